The van der Waals surface area contributed by atoms with Gasteiger partial charge in [0.15, 0.2) is 0 Å². The van der Waals surface area contributed by atoms with Crippen LogP contribution in [-0.2, 0) is 16.0 Å². The Bertz CT molecular complexity index is 1530. The van der Waals surface area contributed by atoms with Gasteiger partial charge in [-0.3, -0.25) is 19.2 Å². The first-order chi connectivity index (χ1) is 19.1. The number of benzene rings is 1. The van der Waals surface area contributed by atoms with E-state index in [-0.39, 0.29) is 23.9 Å². The van der Waals surface area contributed by atoms with Crippen LogP contribution >= 0.6 is 0 Å². The zero-order chi connectivity index (χ0) is 28.2. The highest BCUT2D eigenvalue weighted by Gasteiger charge is 2.41. The van der Waals surface area contributed by atoms with Gasteiger partial charge < -0.3 is 15.0 Å². The molecule has 2 saturated heterocycles. The van der Waals surface area contributed by atoms with Crippen LogP contribution in [0.5, 0.6) is 0 Å². The highest BCUT2D eigenvalue weighted by Crippen LogP contribution is 2.40. The minimum atomic E-state index is -0.605. The Morgan fingerprint density at radius 3 is 2.65 bits per heavy atom. The third kappa shape index (κ3) is 4.71. The molecule has 0 spiro atoms. The predicted molar refractivity (Wildman–Crippen MR) is 150 cm³/mol. The maximum absolute atomic E-state index is 13.4. The second-order valence-corrected chi connectivity index (χ2v) is 11.9. The number of piperidine rings is 2. The van der Waals surface area contributed by atoms with Crippen molar-refractivity contribution in [2.24, 2.45) is 0 Å². The summed E-state index contributed by atoms with van der Waals surface area (Å²) in [6, 6.07) is 5.31. The Kier molecular flexibility index (Phi) is 6.35. The lowest BCUT2D eigenvalue weighted by atomic mass is 10.00. The predicted octanol–water partition coefficient (Wildman–Crippen LogP) is 4.35. The van der Waals surface area contributed by atoms with Crippen LogP contribution in [0, 0.1) is 0 Å². The number of hydrogen-bond donors (Lipinski definition) is 1. The van der Waals surface area contributed by atoms with Gasteiger partial charge in [0.05, 0.1) is 17.8 Å². The zero-order valence-electron chi connectivity index (χ0n) is 23.1. The molecule has 3 aromatic rings. The molecule has 0 radical (unpaired) electrons. The number of nitrogens with zero attached hydrogens (tertiary/aromatic N) is 5. The van der Waals surface area contributed by atoms with Crippen molar-refractivity contribution in [3.05, 3.63) is 65.8 Å². The summed E-state index contributed by atoms with van der Waals surface area (Å²) in [5.41, 5.74) is 2.78. The molecule has 6 rings (SSSR count). The number of hydrogen-bond acceptors (Lipinski definition) is 6. The van der Waals surface area contributed by atoms with E-state index in [0.717, 1.165) is 34.7 Å². The highest BCUT2D eigenvalue weighted by molar-refractivity contribution is 6.26. The van der Waals surface area contributed by atoms with Gasteiger partial charge in [-0.25, -0.2) is 9.78 Å². The van der Waals surface area contributed by atoms with Crippen LogP contribution in [0.25, 0.3) is 10.8 Å². The number of aromatic nitrogens is 3. The van der Waals surface area contributed by atoms with Crippen molar-refractivity contribution in [2.45, 2.75) is 70.6 Å². The fourth-order valence-corrected chi connectivity index (χ4v) is 5.89. The summed E-state index contributed by atoms with van der Waals surface area (Å²) in [6.45, 7) is 10.7. The summed E-state index contributed by atoms with van der Waals surface area (Å²) in [4.78, 5) is 46.6. The van der Waals surface area contributed by atoms with Crippen LogP contribution in [0.1, 0.15) is 74.0 Å². The molecule has 2 aromatic heterocycles. The molecule has 5 heterocycles. The number of allylic oxidation sites excluding steroid dienone is 1. The fourth-order valence-electron chi connectivity index (χ4n) is 5.89. The second-order valence-electron chi connectivity index (χ2n) is 11.9. The molecule has 3 aliphatic heterocycles. The standard InChI is InChI=1S/C30H34N6O4/c1-18-8-9-24(27(37)33-18)36-26-25-22(6-5-7-23(25)28(36)38)20(16-31-26)14-19-15-32-35(17-19)21-10-12-34(13-11-21)29(39)40-30(2,3)4/h5-7,15-17,21,24H,1,8-14H2,2-4H3,(H,33,37). The van der Waals surface area contributed by atoms with Gasteiger partial charge >= 0.3 is 6.09 Å². The molecular formula is C30H34N6O4. The minimum absolute atomic E-state index is 0.191. The molecule has 3 aliphatic rings. The van der Waals surface area contributed by atoms with Gasteiger partial charge in [-0.1, -0.05) is 18.7 Å². The molecule has 1 unspecified atom stereocenters. The Morgan fingerprint density at radius 1 is 1.15 bits per heavy atom. The average Bonchev–Trinajstić information content (AvgIpc) is 3.49. The second kappa shape index (κ2) is 9.76. The quantitative estimate of drug-likeness (QED) is 0.525. The van der Waals surface area contributed by atoms with E-state index in [4.69, 9.17) is 9.72 Å². The van der Waals surface area contributed by atoms with Crippen LogP contribution < -0.4 is 10.2 Å². The summed E-state index contributed by atoms with van der Waals surface area (Å²) in [7, 11) is 0. The van der Waals surface area contributed by atoms with E-state index in [0.29, 0.717) is 49.4 Å². The summed E-state index contributed by atoms with van der Waals surface area (Å²) in [5, 5.41) is 9.18. The minimum Gasteiger partial charge on any atom is -0.444 e. The molecule has 40 heavy (non-hydrogen) atoms. The van der Waals surface area contributed by atoms with Gasteiger partial charge in [-0.2, -0.15) is 5.10 Å². The summed E-state index contributed by atoms with van der Waals surface area (Å²) in [6.07, 6.45) is 8.86. The van der Waals surface area contributed by atoms with Crippen LogP contribution in [-0.4, -0.2) is 62.3 Å². The van der Waals surface area contributed by atoms with Crippen molar-refractivity contribution in [1.82, 2.24) is 25.0 Å². The Balaban J connectivity index is 1.19. The number of nitrogens with one attached hydrogen (secondary N) is 1. The number of likely N-dealkylation sites (tertiary alicyclic amines) is 1. The molecule has 10 heteroatoms. The number of rotatable bonds is 4. The largest absolute Gasteiger partial charge is 0.444 e. The van der Waals surface area contributed by atoms with E-state index in [1.807, 2.05) is 50.0 Å². The number of ether oxygens (including phenoxy) is 1. The molecular weight excluding hydrogens is 508 g/mol. The fraction of sp³-hybridized carbons (Fsp3) is 0.433. The lowest BCUT2D eigenvalue weighted by Crippen LogP contribution is -2.51. The number of amides is 3. The van der Waals surface area contributed by atoms with Gasteiger partial charge in [-0.05, 0) is 69.0 Å². The highest BCUT2D eigenvalue weighted by atomic mass is 16.6. The zero-order valence-corrected chi connectivity index (χ0v) is 23.1. The van der Waals surface area contributed by atoms with Crippen molar-refractivity contribution >= 4 is 34.5 Å². The Labute approximate surface area is 233 Å². The average molecular weight is 543 g/mol. The van der Waals surface area contributed by atoms with E-state index in [1.54, 1.807) is 15.9 Å². The maximum Gasteiger partial charge on any atom is 0.410 e. The van der Waals surface area contributed by atoms with Gasteiger partial charge in [0.25, 0.3) is 5.91 Å². The van der Waals surface area contributed by atoms with Crippen molar-refractivity contribution in [2.75, 3.05) is 18.0 Å². The lowest BCUT2D eigenvalue weighted by molar-refractivity contribution is -0.122. The van der Waals surface area contributed by atoms with Crippen molar-refractivity contribution in [1.29, 1.82) is 0 Å². The van der Waals surface area contributed by atoms with Crippen molar-refractivity contribution in [3.63, 3.8) is 0 Å². The van der Waals surface area contributed by atoms with Crippen LogP contribution in [0.15, 0.2) is 49.1 Å². The summed E-state index contributed by atoms with van der Waals surface area (Å²) >= 11 is 0. The van der Waals surface area contributed by atoms with E-state index in [1.165, 1.54) is 0 Å². The van der Waals surface area contributed by atoms with Crippen LogP contribution in [0.4, 0.5) is 10.6 Å². The summed E-state index contributed by atoms with van der Waals surface area (Å²) in [5.74, 6) is 0.128. The normalized spacial score (nSPS) is 19.9. The van der Waals surface area contributed by atoms with E-state index in [2.05, 4.69) is 23.2 Å². The molecule has 0 saturated carbocycles. The topological polar surface area (TPSA) is 110 Å². The van der Waals surface area contributed by atoms with E-state index < -0.39 is 11.6 Å². The van der Waals surface area contributed by atoms with Crippen LogP contribution in [0.3, 0.4) is 0 Å². The maximum atomic E-state index is 13.4. The van der Waals surface area contributed by atoms with Gasteiger partial charge in [0, 0.05) is 43.0 Å². The van der Waals surface area contributed by atoms with Crippen LogP contribution in [0.2, 0.25) is 0 Å². The summed E-state index contributed by atoms with van der Waals surface area (Å²) < 4.78 is 7.51. The van der Waals surface area contributed by atoms with E-state index >= 15 is 0 Å². The molecule has 2 fully saturated rings. The van der Waals surface area contributed by atoms with Crippen molar-refractivity contribution < 1.29 is 19.1 Å². The van der Waals surface area contributed by atoms with Crippen molar-refractivity contribution in [3.8, 4) is 0 Å². The molecule has 1 atom stereocenters. The lowest BCUT2D eigenvalue weighted by Gasteiger charge is -2.33. The number of pyridine rings is 1. The molecule has 208 valence electrons. The van der Waals surface area contributed by atoms with E-state index in [9.17, 15) is 14.4 Å². The monoisotopic (exact) mass is 542 g/mol. The van der Waals surface area contributed by atoms with Gasteiger partial charge in [0.1, 0.15) is 17.5 Å². The third-order valence-corrected chi connectivity index (χ3v) is 7.83. The molecule has 0 bridgehead atoms. The first kappa shape index (κ1) is 26.0. The number of carbonyl (C=O) groups is 3. The Morgan fingerprint density at radius 2 is 1.93 bits per heavy atom. The third-order valence-electron chi connectivity index (χ3n) is 7.83. The first-order valence-electron chi connectivity index (χ1n) is 13.8. The SMILES string of the molecule is C=C1CCC(N2C(=O)c3cccc4c(Cc5cnn(C6CCN(C(=O)OC(C)(C)C)CC6)c5)cnc2c34)C(=O)N1. The molecule has 1 aromatic carbocycles. The molecule has 1 N–H and O–H groups in total. The van der Waals surface area contributed by atoms with Gasteiger partial charge in [0.2, 0.25) is 5.91 Å². The number of anilines is 1. The number of carbonyl (C=O) groups excluding carboxylic acids is 3. The Hall–Kier alpha value is -4.21. The smallest absolute Gasteiger partial charge is 0.410 e. The first-order valence-corrected chi connectivity index (χ1v) is 13.8. The molecule has 3 amide bonds. The molecule has 0 aliphatic carbocycles. The molecule has 10 nitrogen and oxygen atoms in total. The van der Waals surface area contributed by atoms with Gasteiger partial charge in [-0.15, -0.1) is 0 Å².